The number of aromatic nitrogens is 3. The van der Waals surface area contributed by atoms with E-state index in [0.29, 0.717) is 12.2 Å². The molecule has 122 valence electrons. The fourth-order valence-electron chi connectivity index (χ4n) is 2.57. The van der Waals surface area contributed by atoms with Crippen molar-refractivity contribution in [1.29, 1.82) is 0 Å². The van der Waals surface area contributed by atoms with Gasteiger partial charge in [-0.25, -0.2) is 4.98 Å². The molecule has 1 heterocycles. The first kappa shape index (κ1) is 15.9. The predicted octanol–water partition coefficient (Wildman–Crippen LogP) is 3.19. The van der Waals surface area contributed by atoms with Gasteiger partial charge in [0.2, 0.25) is 5.91 Å². The first-order valence-corrected chi connectivity index (χ1v) is 7.91. The van der Waals surface area contributed by atoms with Crippen LogP contribution in [0.3, 0.4) is 0 Å². The third-order valence-electron chi connectivity index (χ3n) is 3.77. The number of nitrogens with zero attached hydrogens (tertiary/aromatic N) is 2. The van der Waals surface area contributed by atoms with Gasteiger partial charge in [0.1, 0.15) is 5.82 Å². The molecule has 3 rings (SSSR count). The van der Waals surface area contributed by atoms with Crippen molar-refractivity contribution in [3.63, 3.8) is 0 Å². The first-order valence-electron chi connectivity index (χ1n) is 7.91. The second kappa shape index (κ2) is 7.08. The number of amides is 1. The van der Waals surface area contributed by atoms with E-state index in [-0.39, 0.29) is 12.3 Å². The maximum Gasteiger partial charge on any atom is 0.232 e. The van der Waals surface area contributed by atoms with Gasteiger partial charge in [-0.15, -0.1) is 0 Å². The summed E-state index contributed by atoms with van der Waals surface area (Å²) >= 11 is 0. The van der Waals surface area contributed by atoms with Gasteiger partial charge in [-0.1, -0.05) is 48.0 Å². The van der Waals surface area contributed by atoms with Crippen LogP contribution in [0.15, 0.2) is 48.5 Å². The molecule has 5 heteroatoms. The number of anilines is 1. The Hall–Kier alpha value is -2.95. The van der Waals surface area contributed by atoms with Crippen LogP contribution in [0.1, 0.15) is 28.3 Å². The lowest BCUT2D eigenvalue weighted by atomic mass is 10.1. The molecular weight excluding hydrogens is 300 g/mol. The molecule has 2 N–H and O–H groups in total. The second-order valence-corrected chi connectivity index (χ2v) is 5.90. The number of carbonyl (C=O) groups excluding carboxylic acids is 1. The van der Waals surface area contributed by atoms with Gasteiger partial charge in [-0.2, -0.15) is 5.10 Å². The van der Waals surface area contributed by atoms with E-state index in [1.54, 1.807) is 0 Å². The van der Waals surface area contributed by atoms with Crippen LogP contribution in [-0.4, -0.2) is 21.1 Å². The van der Waals surface area contributed by atoms with Crippen LogP contribution in [0.2, 0.25) is 0 Å². The van der Waals surface area contributed by atoms with Gasteiger partial charge in [0, 0.05) is 12.1 Å². The van der Waals surface area contributed by atoms with Crippen molar-refractivity contribution in [3.8, 4) is 0 Å². The summed E-state index contributed by atoms with van der Waals surface area (Å²) in [4.78, 5) is 16.6. The van der Waals surface area contributed by atoms with Crippen LogP contribution < -0.4 is 5.32 Å². The molecule has 1 aromatic heterocycles. The summed E-state index contributed by atoms with van der Waals surface area (Å²) in [5, 5.41) is 9.95. The van der Waals surface area contributed by atoms with Gasteiger partial charge in [-0.3, -0.25) is 9.89 Å². The molecule has 2 aromatic carbocycles. The Labute approximate surface area is 141 Å². The Morgan fingerprint density at radius 3 is 2.67 bits per heavy atom. The number of nitrogens with one attached hydrogen (secondary N) is 2. The van der Waals surface area contributed by atoms with E-state index >= 15 is 0 Å². The van der Waals surface area contributed by atoms with Crippen molar-refractivity contribution < 1.29 is 4.79 Å². The van der Waals surface area contributed by atoms with Crippen molar-refractivity contribution in [3.05, 3.63) is 76.9 Å². The maximum atomic E-state index is 12.2. The lowest BCUT2D eigenvalue weighted by Gasteiger charge is -2.08. The van der Waals surface area contributed by atoms with E-state index < -0.39 is 0 Å². The number of aromatic amines is 1. The normalized spacial score (nSPS) is 10.6. The summed E-state index contributed by atoms with van der Waals surface area (Å²) in [5.41, 5.74) is 4.19. The minimum Gasteiger partial charge on any atom is -0.325 e. The Morgan fingerprint density at radius 1 is 1.12 bits per heavy atom. The zero-order valence-corrected chi connectivity index (χ0v) is 13.8. The van der Waals surface area contributed by atoms with Gasteiger partial charge in [0.25, 0.3) is 0 Å². The Morgan fingerprint density at radius 2 is 1.92 bits per heavy atom. The lowest BCUT2D eigenvalue weighted by molar-refractivity contribution is -0.115. The van der Waals surface area contributed by atoms with E-state index in [0.717, 1.165) is 22.6 Å². The van der Waals surface area contributed by atoms with E-state index in [1.165, 1.54) is 5.56 Å². The van der Waals surface area contributed by atoms with Crippen LogP contribution in [-0.2, 0) is 17.6 Å². The summed E-state index contributed by atoms with van der Waals surface area (Å²) in [7, 11) is 0. The van der Waals surface area contributed by atoms with Crippen molar-refractivity contribution >= 4 is 11.6 Å². The topological polar surface area (TPSA) is 70.7 Å². The highest BCUT2D eigenvalue weighted by Crippen LogP contribution is 2.16. The van der Waals surface area contributed by atoms with Crippen LogP contribution >= 0.6 is 0 Å². The second-order valence-electron chi connectivity index (χ2n) is 5.90. The predicted molar refractivity (Wildman–Crippen MR) is 93.9 cm³/mol. The van der Waals surface area contributed by atoms with Crippen LogP contribution in [0.5, 0.6) is 0 Å². The summed E-state index contributed by atoms with van der Waals surface area (Å²) in [6.07, 6.45) is 0.825. The number of carbonyl (C=O) groups is 1. The van der Waals surface area contributed by atoms with Gasteiger partial charge < -0.3 is 5.32 Å². The van der Waals surface area contributed by atoms with E-state index in [1.807, 2.05) is 62.4 Å². The third-order valence-corrected chi connectivity index (χ3v) is 3.77. The maximum absolute atomic E-state index is 12.2. The highest BCUT2D eigenvalue weighted by molar-refractivity contribution is 5.92. The largest absolute Gasteiger partial charge is 0.325 e. The minimum atomic E-state index is -0.118. The minimum absolute atomic E-state index is 0.118. The highest BCUT2D eigenvalue weighted by Gasteiger charge is 2.11. The molecule has 0 radical (unpaired) electrons. The van der Waals surface area contributed by atoms with Crippen LogP contribution in [0.4, 0.5) is 5.69 Å². The van der Waals surface area contributed by atoms with Crippen LogP contribution in [0, 0.1) is 13.8 Å². The Balaban J connectivity index is 1.61. The van der Waals surface area contributed by atoms with Gasteiger partial charge in [0.15, 0.2) is 5.82 Å². The first-order chi connectivity index (χ1) is 11.6. The van der Waals surface area contributed by atoms with Gasteiger partial charge in [-0.05, 0) is 31.0 Å². The average Bonchev–Trinajstić information content (AvgIpc) is 2.98. The Bertz CT molecular complexity index is 840. The fraction of sp³-hybridized carbons (Fsp3) is 0.211. The number of benzene rings is 2. The van der Waals surface area contributed by atoms with Crippen molar-refractivity contribution in [2.75, 3.05) is 5.32 Å². The summed E-state index contributed by atoms with van der Waals surface area (Å²) in [5.74, 6) is 1.14. The quantitative estimate of drug-likeness (QED) is 0.758. The molecular formula is C19H20N4O. The van der Waals surface area contributed by atoms with E-state index in [4.69, 9.17) is 0 Å². The van der Waals surface area contributed by atoms with Crippen molar-refractivity contribution in [1.82, 2.24) is 15.2 Å². The van der Waals surface area contributed by atoms with E-state index in [2.05, 4.69) is 20.5 Å². The summed E-state index contributed by atoms with van der Waals surface area (Å²) in [6.45, 7) is 4.01. The molecule has 0 saturated carbocycles. The molecule has 0 unspecified atom stereocenters. The number of hydrogen-bond acceptors (Lipinski definition) is 3. The molecule has 0 saturated heterocycles. The molecule has 0 fully saturated rings. The SMILES string of the molecule is Cc1ccc(NC(=O)Cc2n[nH]c(Cc3ccccc3)n2)c(C)c1. The number of aryl methyl sites for hydroxylation is 2. The molecule has 5 nitrogen and oxygen atoms in total. The van der Waals surface area contributed by atoms with Gasteiger partial charge in [0.05, 0.1) is 6.42 Å². The molecule has 0 spiro atoms. The molecule has 0 aliphatic rings. The van der Waals surface area contributed by atoms with Crippen molar-refractivity contribution in [2.45, 2.75) is 26.7 Å². The molecule has 3 aromatic rings. The number of rotatable bonds is 5. The Kier molecular flexibility index (Phi) is 4.70. The average molecular weight is 320 g/mol. The van der Waals surface area contributed by atoms with E-state index in [9.17, 15) is 4.79 Å². The molecule has 1 amide bonds. The standard InChI is InChI=1S/C19H20N4O/c1-13-8-9-16(14(2)10-13)20-19(24)12-18-21-17(22-23-18)11-15-6-4-3-5-7-15/h3-10H,11-12H2,1-2H3,(H,20,24)(H,21,22,23). The zero-order valence-electron chi connectivity index (χ0n) is 13.8. The molecule has 0 aliphatic heterocycles. The molecule has 0 bridgehead atoms. The molecule has 0 aliphatic carbocycles. The van der Waals surface area contributed by atoms with Gasteiger partial charge >= 0.3 is 0 Å². The highest BCUT2D eigenvalue weighted by atomic mass is 16.1. The van der Waals surface area contributed by atoms with Crippen molar-refractivity contribution in [2.24, 2.45) is 0 Å². The number of H-pyrrole nitrogens is 1. The number of hydrogen-bond donors (Lipinski definition) is 2. The summed E-state index contributed by atoms with van der Waals surface area (Å²) < 4.78 is 0. The zero-order chi connectivity index (χ0) is 16.9. The molecule has 24 heavy (non-hydrogen) atoms. The smallest absolute Gasteiger partial charge is 0.232 e. The lowest BCUT2D eigenvalue weighted by Crippen LogP contribution is -2.16. The van der Waals surface area contributed by atoms with Crippen LogP contribution in [0.25, 0.3) is 0 Å². The third kappa shape index (κ3) is 4.07. The summed E-state index contributed by atoms with van der Waals surface area (Å²) in [6, 6.07) is 16.0. The fourth-order valence-corrected chi connectivity index (χ4v) is 2.57. The molecule has 0 atom stereocenters. The monoisotopic (exact) mass is 320 g/mol.